The molecule has 0 aliphatic rings. The zero-order valence-electron chi connectivity index (χ0n) is 11.7. The van der Waals surface area contributed by atoms with E-state index in [4.69, 9.17) is 0 Å². The first-order valence-electron chi connectivity index (χ1n) is 6.63. The molecule has 1 atom stereocenters. The third kappa shape index (κ3) is 3.72. The van der Waals surface area contributed by atoms with Gasteiger partial charge >= 0.3 is 0 Å². The van der Waals surface area contributed by atoms with Crippen LogP contribution in [0.15, 0.2) is 18.5 Å². The third-order valence-electron chi connectivity index (χ3n) is 3.10. The molecule has 0 aliphatic heterocycles. The Labute approximate surface area is 109 Å². The van der Waals surface area contributed by atoms with Gasteiger partial charge in [-0.15, -0.1) is 0 Å². The van der Waals surface area contributed by atoms with Gasteiger partial charge in [0.1, 0.15) is 0 Å². The minimum atomic E-state index is -0.0501. The second-order valence-electron chi connectivity index (χ2n) is 4.39. The Balaban J connectivity index is 2.84. The summed E-state index contributed by atoms with van der Waals surface area (Å²) in [7, 11) is 0. The minimum Gasteiger partial charge on any atom is -0.371 e. The topological polar surface area (TPSA) is 45.2 Å². The van der Waals surface area contributed by atoms with Crippen LogP contribution in [-0.4, -0.2) is 30.0 Å². The van der Waals surface area contributed by atoms with Crippen molar-refractivity contribution in [2.24, 2.45) is 0 Å². The summed E-state index contributed by atoms with van der Waals surface area (Å²) in [6.07, 6.45) is 4.34. The maximum Gasteiger partial charge on any atom is 0.253 e. The van der Waals surface area contributed by atoms with Gasteiger partial charge in [0.05, 0.1) is 17.4 Å². The van der Waals surface area contributed by atoms with Crippen molar-refractivity contribution >= 4 is 11.6 Å². The Bertz CT molecular complexity index is 388. The summed E-state index contributed by atoms with van der Waals surface area (Å²) in [5.74, 6) is -0.0501. The van der Waals surface area contributed by atoms with Crippen molar-refractivity contribution in [3.05, 3.63) is 24.0 Å². The fourth-order valence-electron chi connectivity index (χ4n) is 1.72. The molecule has 1 aromatic rings. The summed E-state index contributed by atoms with van der Waals surface area (Å²) in [5, 5.41) is 2.95. The van der Waals surface area contributed by atoms with Crippen molar-refractivity contribution in [2.45, 2.75) is 40.2 Å². The van der Waals surface area contributed by atoms with E-state index in [0.29, 0.717) is 5.56 Å². The Kier molecular flexibility index (Phi) is 5.62. The fourth-order valence-corrected chi connectivity index (χ4v) is 1.72. The van der Waals surface area contributed by atoms with Crippen molar-refractivity contribution in [3.63, 3.8) is 0 Å². The number of pyridine rings is 1. The Morgan fingerprint density at radius 3 is 2.56 bits per heavy atom. The van der Waals surface area contributed by atoms with Crippen molar-refractivity contribution in [2.75, 3.05) is 18.0 Å². The molecule has 1 amide bonds. The van der Waals surface area contributed by atoms with E-state index in [1.165, 1.54) is 0 Å². The summed E-state index contributed by atoms with van der Waals surface area (Å²) in [5.41, 5.74) is 1.62. The van der Waals surface area contributed by atoms with Crippen molar-refractivity contribution in [1.82, 2.24) is 10.3 Å². The second-order valence-corrected chi connectivity index (χ2v) is 4.39. The highest BCUT2D eigenvalue weighted by Crippen LogP contribution is 2.14. The molecule has 1 rings (SSSR count). The Hall–Kier alpha value is -1.58. The molecule has 1 unspecified atom stereocenters. The first kappa shape index (κ1) is 14.5. The van der Waals surface area contributed by atoms with E-state index in [-0.39, 0.29) is 11.9 Å². The summed E-state index contributed by atoms with van der Waals surface area (Å²) in [6.45, 7) is 10.1. The molecule has 0 saturated heterocycles. The molecule has 0 aromatic carbocycles. The molecule has 18 heavy (non-hydrogen) atoms. The van der Waals surface area contributed by atoms with E-state index in [1.54, 1.807) is 12.4 Å². The molecule has 0 radical (unpaired) electrons. The molecule has 1 N–H and O–H groups in total. The Morgan fingerprint density at radius 1 is 1.33 bits per heavy atom. The van der Waals surface area contributed by atoms with Gasteiger partial charge in [0.15, 0.2) is 0 Å². The second kappa shape index (κ2) is 6.99. The molecule has 1 heterocycles. The predicted molar refractivity (Wildman–Crippen MR) is 75.0 cm³/mol. The number of carbonyl (C=O) groups is 1. The number of amides is 1. The lowest BCUT2D eigenvalue weighted by atomic mass is 10.2. The summed E-state index contributed by atoms with van der Waals surface area (Å²) in [6, 6.07) is 2.09. The third-order valence-corrected chi connectivity index (χ3v) is 3.10. The first-order valence-corrected chi connectivity index (χ1v) is 6.63. The molecule has 0 spiro atoms. The summed E-state index contributed by atoms with van der Waals surface area (Å²) in [4.78, 5) is 18.3. The van der Waals surface area contributed by atoms with Crippen LogP contribution in [0.2, 0.25) is 0 Å². The monoisotopic (exact) mass is 249 g/mol. The Morgan fingerprint density at radius 2 is 2.00 bits per heavy atom. The number of nitrogens with zero attached hydrogens (tertiary/aromatic N) is 2. The van der Waals surface area contributed by atoms with Gasteiger partial charge in [-0.05, 0) is 33.3 Å². The lowest BCUT2D eigenvalue weighted by Gasteiger charge is -2.21. The number of hydrogen-bond donors (Lipinski definition) is 1. The van der Waals surface area contributed by atoms with Gasteiger partial charge in [0.25, 0.3) is 5.91 Å². The standard InChI is InChI=1S/C14H23N3O/c1-5-11(4)16-14(18)12-8-13(10-15-9-12)17(6-2)7-3/h8-11H,5-7H2,1-4H3,(H,16,18). The molecule has 1 aromatic heterocycles. The number of aromatic nitrogens is 1. The largest absolute Gasteiger partial charge is 0.371 e. The van der Waals surface area contributed by atoms with Gasteiger partial charge in [-0.1, -0.05) is 6.92 Å². The van der Waals surface area contributed by atoms with Crippen molar-refractivity contribution < 1.29 is 4.79 Å². The zero-order valence-corrected chi connectivity index (χ0v) is 11.7. The smallest absolute Gasteiger partial charge is 0.253 e. The molecule has 0 fully saturated rings. The fraction of sp³-hybridized carbons (Fsp3) is 0.571. The van der Waals surface area contributed by atoms with Gasteiger partial charge in [0.2, 0.25) is 0 Å². The maximum atomic E-state index is 12.0. The highest BCUT2D eigenvalue weighted by atomic mass is 16.1. The predicted octanol–water partition coefficient (Wildman–Crippen LogP) is 2.46. The lowest BCUT2D eigenvalue weighted by Crippen LogP contribution is -2.32. The molecule has 4 nitrogen and oxygen atoms in total. The van der Waals surface area contributed by atoms with E-state index < -0.39 is 0 Å². The average Bonchev–Trinajstić information content (AvgIpc) is 2.40. The van der Waals surface area contributed by atoms with Crippen LogP contribution in [0.25, 0.3) is 0 Å². The quantitative estimate of drug-likeness (QED) is 0.842. The molecule has 0 bridgehead atoms. The highest BCUT2D eigenvalue weighted by Gasteiger charge is 2.11. The normalized spacial score (nSPS) is 12.0. The number of anilines is 1. The zero-order chi connectivity index (χ0) is 13.5. The van der Waals surface area contributed by atoms with E-state index >= 15 is 0 Å². The van der Waals surface area contributed by atoms with Crippen molar-refractivity contribution in [1.29, 1.82) is 0 Å². The summed E-state index contributed by atoms with van der Waals surface area (Å²) < 4.78 is 0. The van der Waals surface area contributed by atoms with Crippen LogP contribution in [0, 0.1) is 0 Å². The highest BCUT2D eigenvalue weighted by molar-refractivity contribution is 5.94. The van der Waals surface area contributed by atoms with E-state index in [0.717, 1.165) is 25.2 Å². The van der Waals surface area contributed by atoms with Gasteiger partial charge in [0, 0.05) is 25.3 Å². The van der Waals surface area contributed by atoms with Crippen LogP contribution in [0.3, 0.4) is 0 Å². The number of nitrogens with one attached hydrogen (secondary N) is 1. The van der Waals surface area contributed by atoms with Crippen LogP contribution >= 0.6 is 0 Å². The maximum absolute atomic E-state index is 12.0. The van der Waals surface area contributed by atoms with Crippen LogP contribution in [0.4, 0.5) is 5.69 Å². The lowest BCUT2D eigenvalue weighted by molar-refractivity contribution is 0.0939. The van der Waals surface area contributed by atoms with Crippen LogP contribution in [0.1, 0.15) is 44.5 Å². The van der Waals surface area contributed by atoms with Gasteiger partial charge in [-0.25, -0.2) is 0 Å². The van der Waals surface area contributed by atoms with Gasteiger partial charge < -0.3 is 10.2 Å². The molecule has 0 saturated carbocycles. The van der Waals surface area contributed by atoms with Gasteiger partial charge in [-0.3, -0.25) is 9.78 Å². The molecule has 4 heteroatoms. The average molecular weight is 249 g/mol. The molecular formula is C14H23N3O. The van der Waals surface area contributed by atoms with Crippen LogP contribution in [0.5, 0.6) is 0 Å². The van der Waals surface area contributed by atoms with Crippen LogP contribution in [-0.2, 0) is 0 Å². The van der Waals surface area contributed by atoms with E-state index in [2.05, 4.69) is 36.0 Å². The summed E-state index contributed by atoms with van der Waals surface area (Å²) >= 11 is 0. The molecular weight excluding hydrogens is 226 g/mol. The number of rotatable bonds is 6. The van der Waals surface area contributed by atoms with Crippen LogP contribution < -0.4 is 10.2 Å². The minimum absolute atomic E-state index is 0.0501. The first-order chi connectivity index (χ1) is 8.62. The molecule has 0 aliphatic carbocycles. The molecule has 100 valence electrons. The van der Waals surface area contributed by atoms with Gasteiger partial charge in [-0.2, -0.15) is 0 Å². The number of hydrogen-bond acceptors (Lipinski definition) is 3. The van der Waals surface area contributed by atoms with Crippen molar-refractivity contribution in [3.8, 4) is 0 Å². The van der Waals surface area contributed by atoms with E-state index in [9.17, 15) is 4.79 Å². The SMILES string of the molecule is CCC(C)NC(=O)c1cncc(N(CC)CC)c1. The number of carbonyl (C=O) groups excluding carboxylic acids is 1. The van der Waals surface area contributed by atoms with E-state index in [1.807, 2.05) is 13.0 Å².